The van der Waals surface area contributed by atoms with Gasteiger partial charge in [-0.15, -0.1) is 6.26 Å². The zero-order valence-corrected chi connectivity index (χ0v) is 21.5. The van der Waals surface area contributed by atoms with Gasteiger partial charge in [-0.3, -0.25) is 9.69 Å². The molecule has 29 heavy (non-hydrogen) atoms. The predicted molar refractivity (Wildman–Crippen MR) is 115 cm³/mol. The molecule has 1 heterocycles. The first kappa shape index (κ1) is 26.4. The summed E-state index contributed by atoms with van der Waals surface area (Å²) in [5, 5.41) is 14.3. The molecule has 0 aliphatic carbocycles. The maximum Gasteiger partial charge on any atom is 1.00 e. The number of nitrogens with one attached hydrogen (secondary N) is 1. The van der Waals surface area contributed by atoms with Gasteiger partial charge in [-0.1, -0.05) is 64.7 Å². The van der Waals surface area contributed by atoms with E-state index in [4.69, 9.17) is 0 Å². The average Bonchev–Trinajstić information content (AvgIpc) is 3.00. The Morgan fingerprint density at radius 2 is 1.52 bits per heavy atom. The van der Waals surface area contributed by atoms with E-state index in [9.17, 15) is 9.90 Å². The van der Waals surface area contributed by atoms with Crippen molar-refractivity contribution < 1.29 is 61.3 Å². The van der Waals surface area contributed by atoms with Crippen molar-refractivity contribution in [1.82, 2.24) is 0 Å². The van der Waals surface area contributed by atoms with Gasteiger partial charge in [-0.2, -0.15) is 0 Å². The molecule has 1 aromatic rings. The van der Waals surface area contributed by atoms with E-state index < -0.39 is 0 Å². The first-order valence-electron chi connectivity index (χ1n) is 10.7. The van der Waals surface area contributed by atoms with E-state index in [1.165, 1.54) is 69.1 Å². The topological polar surface area (TPSA) is 67.8 Å². The number of hydrogen-bond donors (Lipinski definition) is 1. The summed E-state index contributed by atoms with van der Waals surface area (Å²) in [6.45, 7) is 4.95. The molecule has 0 fully saturated rings. The molecule has 1 aliphatic rings. The molecule has 0 saturated heterocycles. The first-order chi connectivity index (χ1) is 13.7. The minimum atomic E-state index is -0.362. The number of benzene rings is 1. The Balaban J connectivity index is 0.00000420. The molecule has 2 rings (SSSR count). The van der Waals surface area contributed by atoms with Crippen molar-refractivity contribution in [2.75, 3.05) is 16.8 Å². The summed E-state index contributed by atoms with van der Waals surface area (Å²) in [6, 6.07) is 7.69. The fraction of sp³-hybridized carbons (Fsp3) is 0.565. The van der Waals surface area contributed by atoms with E-state index in [1.807, 2.05) is 24.3 Å². The molecule has 0 unspecified atom stereocenters. The van der Waals surface area contributed by atoms with Crippen molar-refractivity contribution in [2.45, 2.75) is 78.1 Å². The van der Waals surface area contributed by atoms with Crippen molar-refractivity contribution in [3.63, 3.8) is 0 Å². The number of carbonyl (C=O) groups excluding carboxylic acids is 1. The fourth-order valence-electron chi connectivity index (χ4n) is 3.49. The molecule has 1 aromatic carbocycles. The van der Waals surface area contributed by atoms with Crippen LogP contribution in [0.25, 0.3) is 0 Å². The summed E-state index contributed by atoms with van der Waals surface area (Å²) in [4.78, 5) is 17.6. The number of aliphatic imine (C=N–C) groups is 1. The van der Waals surface area contributed by atoms with Crippen LogP contribution in [0.2, 0.25) is 0 Å². The van der Waals surface area contributed by atoms with Crippen LogP contribution in [0.4, 0.5) is 11.4 Å². The molecule has 0 atom stereocenters. The van der Waals surface area contributed by atoms with Crippen LogP contribution in [0.5, 0.6) is 0 Å². The largest absolute Gasteiger partial charge is 1.00 e. The van der Waals surface area contributed by atoms with Gasteiger partial charge >= 0.3 is 51.4 Å². The second-order valence-corrected chi connectivity index (χ2v) is 7.46. The Kier molecular flexibility index (Phi) is 13.8. The van der Waals surface area contributed by atoms with Crippen molar-refractivity contribution in [3.05, 3.63) is 36.2 Å². The Morgan fingerprint density at radius 3 is 2.03 bits per heavy atom. The van der Waals surface area contributed by atoms with Gasteiger partial charge in [0.1, 0.15) is 11.5 Å². The number of carbonyl (C=O) groups is 1. The Hall–Kier alpha value is -0.664. The van der Waals surface area contributed by atoms with Gasteiger partial charge in [0.2, 0.25) is 0 Å². The molecule has 1 amide bonds. The number of anilines is 2. The molecule has 5 nitrogen and oxygen atoms in total. The van der Waals surface area contributed by atoms with Crippen LogP contribution in [0, 0.1) is 0 Å². The van der Waals surface area contributed by atoms with Gasteiger partial charge in [0, 0.05) is 12.2 Å². The van der Waals surface area contributed by atoms with Gasteiger partial charge in [-0.25, -0.2) is 4.99 Å². The zero-order chi connectivity index (χ0) is 20.2. The molecule has 0 saturated carbocycles. The third kappa shape index (κ3) is 8.93. The van der Waals surface area contributed by atoms with Crippen LogP contribution < -0.4 is 66.7 Å². The normalized spacial score (nSPS) is 14.8. The summed E-state index contributed by atoms with van der Waals surface area (Å²) in [5.74, 6) is 0.164. The Morgan fingerprint density at radius 1 is 0.966 bits per heavy atom. The minimum absolute atomic E-state index is 0. The fourth-order valence-corrected chi connectivity index (χ4v) is 3.49. The molecule has 0 spiro atoms. The second kappa shape index (κ2) is 15.2. The molecule has 0 bridgehead atoms. The summed E-state index contributed by atoms with van der Waals surface area (Å²) < 4.78 is 0. The van der Waals surface area contributed by atoms with E-state index in [2.05, 4.69) is 17.2 Å². The van der Waals surface area contributed by atoms with Crippen molar-refractivity contribution in [1.29, 1.82) is 0 Å². The molecule has 0 radical (unpaired) electrons. The Bertz CT molecular complexity index is 669. The summed E-state index contributed by atoms with van der Waals surface area (Å²) in [7, 11) is 0. The van der Waals surface area contributed by atoms with Gasteiger partial charge < -0.3 is 10.4 Å². The number of unbranched alkanes of at least 4 members (excludes halogenated alkanes) is 9. The van der Waals surface area contributed by atoms with Gasteiger partial charge in [-0.05, 0) is 37.6 Å². The summed E-state index contributed by atoms with van der Waals surface area (Å²) in [6.07, 6.45) is 13.9. The van der Waals surface area contributed by atoms with Crippen LogP contribution in [-0.2, 0) is 4.79 Å². The molecular weight excluding hydrogens is 389 g/mol. The van der Waals surface area contributed by atoms with Crippen LogP contribution in [-0.4, -0.2) is 18.3 Å². The zero-order valence-electron chi connectivity index (χ0n) is 18.4. The van der Waals surface area contributed by atoms with Crippen LogP contribution >= 0.6 is 0 Å². The van der Waals surface area contributed by atoms with E-state index >= 15 is 0 Å². The number of rotatable bonds is 13. The number of nitrogens with zero attached hydrogens (tertiary/aromatic N) is 2. The number of amides is 1. The van der Waals surface area contributed by atoms with E-state index in [1.54, 1.807) is 6.92 Å². The molecule has 1 aliphatic heterocycles. The molecular formula is C23H34KN3O2. The van der Waals surface area contributed by atoms with Gasteiger partial charge in [0.25, 0.3) is 5.91 Å². The SMILES string of the molecule is CCCCCCCCCCCCNc1ccc(N2C(=O)/C(=C\[O-])N=C2C)cc1.[K+]. The molecule has 1 N–H and O–H groups in total. The molecule has 6 heteroatoms. The maximum absolute atomic E-state index is 12.1. The summed E-state index contributed by atoms with van der Waals surface area (Å²) in [5.41, 5.74) is 1.73. The van der Waals surface area contributed by atoms with E-state index in [-0.39, 0.29) is 63.0 Å². The van der Waals surface area contributed by atoms with Crippen LogP contribution in [0.3, 0.4) is 0 Å². The monoisotopic (exact) mass is 423 g/mol. The van der Waals surface area contributed by atoms with Gasteiger partial charge in [0.15, 0.2) is 0 Å². The van der Waals surface area contributed by atoms with Crippen molar-refractivity contribution >= 4 is 23.1 Å². The number of hydrogen-bond acceptors (Lipinski definition) is 4. The van der Waals surface area contributed by atoms with Crippen LogP contribution in [0.1, 0.15) is 78.1 Å². The molecule has 0 aromatic heterocycles. The smallest absolute Gasteiger partial charge is 0.876 e. The van der Waals surface area contributed by atoms with Crippen molar-refractivity contribution in [2.24, 2.45) is 4.99 Å². The second-order valence-electron chi connectivity index (χ2n) is 7.46. The third-order valence-electron chi connectivity index (χ3n) is 5.12. The average molecular weight is 424 g/mol. The quantitative estimate of drug-likeness (QED) is 0.228. The van der Waals surface area contributed by atoms with Gasteiger partial charge in [0.05, 0.1) is 5.69 Å². The maximum atomic E-state index is 12.1. The van der Waals surface area contributed by atoms with E-state index in [0.717, 1.165) is 17.9 Å². The molecule has 154 valence electrons. The standard InChI is InChI=1S/C23H35N3O2.K/c1-3-4-5-6-7-8-9-10-11-12-17-24-20-13-15-21(16-14-20)26-19(2)25-22(18-27)23(26)28;/h13-16,18,24,27H,3-12,17H2,1-2H3;/q;+1/p-1/b22-18+;. The van der Waals surface area contributed by atoms with E-state index in [0.29, 0.717) is 12.1 Å². The third-order valence-corrected chi connectivity index (χ3v) is 5.12. The van der Waals surface area contributed by atoms with Crippen molar-refractivity contribution in [3.8, 4) is 0 Å². The van der Waals surface area contributed by atoms with Crippen LogP contribution in [0.15, 0.2) is 41.2 Å². The first-order valence-corrected chi connectivity index (χ1v) is 10.7. The summed E-state index contributed by atoms with van der Waals surface area (Å²) >= 11 is 0. The Labute approximate surface area is 218 Å². The predicted octanol–water partition coefficient (Wildman–Crippen LogP) is 1.99. The number of amidine groups is 1. The minimum Gasteiger partial charge on any atom is -0.876 e.